The van der Waals surface area contributed by atoms with E-state index in [1.165, 1.54) is 0 Å². The van der Waals surface area contributed by atoms with Crippen LogP contribution in [-0.4, -0.2) is 19.6 Å². The molecule has 20 heavy (non-hydrogen) atoms. The van der Waals surface area contributed by atoms with Crippen LogP contribution in [0.1, 0.15) is 51.2 Å². The number of benzene rings is 1. The van der Waals surface area contributed by atoms with E-state index in [1.807, 2.05) is 0 Å². The number of hydrogen-bond donors (Lipinski definition) is 2. The molecule has 1 atom stereocenters. The maximum atomic E-state index is 12.3. The molecule has 0 heterocycles. The Labute approximate surface area is 121 Å². The normalized spacial score (nSPS) is 25.4. The van der Waals surface area contributed by atoms with E-state index in [9.17, 15) is 13.5 Å². The van der Waals surface area contributed by atoms with Crippen LogP contribution in [-0.2, 0) is 10.0 Å². The average molecular weight is 297 g/mol. The lowest BCUT2D eigenvalue weighted by molar-refractivity contribution is 0.199. The van der Waals surface area contributed by atoms with Crippen molar-refractivity contribution in [2.75, 3.05) is 0 Å². The monoisotopic (exact) mass is 297 g/mol. The Hall–Kier alpha value is -0.910. The first-order valence-electron chi connectivity index (χ1n) is 7.19. The fourth-order valence-electron chi connectivity index (χ4n) is 2.59. The lowest BCUT2D eigenvalue weighted by atomic mass is 9.88. The molecule has 1 aromatic carbocycles. The van der Waals surface area contributed by atoms with Crippen molar-refractivity contribution in [3.05, 3.63) is 29.8 Å². The molecule has 1 aromatic rings. The van der Waals surface area contributed by atoms with Crippen LogP contribution in [0.15, 0.2) is 29.2 Å². The molecular formula is C15H23NO3S. The van der Waals surface area contributed by atoms with Gasteiger partial charge in [-0.2, -0.15) is 0 Å². The van der Waals surface area contributed by atoms with Crippen LogP contribution in [0, 0.1) is 5.92 Å². The molecule has 2 N–H and O–H groups in total. The molecule has 1 unspecified atom stereocenters. The summed E-state index contributed by atoms with van der Waals surface area (Å²) in [4.78, 5) is 0.264. The number of nitrogens with one attached hydrogen (secondary N) is 1. The summed E-state index contributed by atoms with van der Waals surface area (Å²) in [5.74, 6) is 0.695. The second kappa shape index (κ2) is 6.24. The van der Waals surface area contributed by atoms with Crippen molar-refractivity contribution in [2.24, 2.45) is 5.92 Å². The average Bonchev–Trinajstić information content (AvgIpc) is 2.41. The Balaban J connectivity index is 2.06. The molecule has 0 saturated heterocycles. The third-order valence-electron chi connectivity index (χ3n) is 4.01. The second-order valence-corrected chi connectivity index (χ2v) is 7.54. The number of rotatable bonds is 4. The fourth-order valence-corrected chi connectivity index (χ4v) is 3.90. The third kappa shape index (κ3) is 3.81. The molecule has 0 bridgehead atoms. The van der Waals surface area contributed by atoms with Crippen LogP contribution in [0.4, 0.5) is 0 Å². The molecule has 5 heteroatoms. The van der Waals surface area contributed by atoms with Crippen LogP contribution in [0.3, 0.4) is 0 Å². The van der Waals surface area contributed by atoms with Crippen LogP contribution in [0.25, 0.3) is 0 Å². The molecule has 0 aromatic heterocycles. The highest BCUT2D eigenvalue weighted by Crippen LogP contribution is 2.25. The minimum atomic E-state index is -3.45. The quantitative estimate of drug-likeness (QED) is 0.897. The van der Waals surface area contributed by atoms with Gasteiger partial charge in [-0.25, -0.2) is 13.1 Å². The van der Waals surface area contributed by atoms with Gasteiger partial charge in [0.25, 0.3) is 0 Å². The Kier molecular flexibility index (Phi) is 4.83. The van der Waals surface area contributed by atoms with Gasteiger partial charge in [-0.1, -0.05) is 19.1 Å². The number of aliphatic hydroxyl groups excluding tert-OH is 1. The van der Waals surface area contributed by atoms with Gasteiger partial charge in [-0.15, -0.1) is 0 Å². The zero-order valence-electron chi connectivity index (χ0n) is 12.0. The van der Waals surface area contributed by atoms with Crippen LogP contribution >= 0.6 is 0 Å². The second-order valence-electron chi connectivity index (χ2n) is 5.82. The van der Waals surface area contributed by atoms with Gasteiger partial charge in [-0.05, 0) is 56.2 Å². The Morgan fingerprint density at radius 3 is 2.20 bits per heavy atom. The van der Waals surface area contributed by atoms with E-state index in [-0.39, 0.29) is 10.9 Å². The molecule has 4 nitrogen and oxygen atoms in total. The lowest BCUT2D eigenvalue weighted by Gasteiger charge is -2.26. The molecule has 0 amide bonds. The Morgan fingerprint density at radius 2 is 1.70 bits per heavy atom. The van der Waals surface area contributed by atoms with E-state index >= 15 is 0 Å². The summed E-state index contributed by atoms with van der Waals surface area (Å²) in [6, 6.07) is 6.46. The molecule has 0 spiro atoms. The topological polar surface area (TPSA) is 66.4 Å². The summed E-state index contributed by atoms with van der Waals surface area (Å²) >= 11 is 0. The van der Waals surface area contributed by atoms with E-state index in [4.69, 9.17) is 0 Å². The molecule has 1 aliphatic carbocycles. The zero-order chi connectivity index (χ0) is 14.8. The van der Waals surface area contributed by atoms with Crippen LogP contribution in [0.2, 0.25) is 0 Å². The van der Waals surface area contributed by atoms with E-state index in [0.717, 1.165) is 31.2 Å². The molecule has 112 valence electrons. The molecule has 0 radical (unpaired) electrons. The minimum absolute atomic E-state index is 0.0487. The molecule has 1 saturated carbocycles. The van der Waals surface area contributed by atoms with Crippen LogP contribution in [0.5, 0.6) is 0 Å². The molecule has 1 fully saturated rings. The van der Waals surface area contributed by atoms with Crippen molar-refractivity contribution in [3.63, 3.8) is 0 Å². The first-order valence-corrected chi connectivity index (χ1v) is 8.67. The maximum absolute atomic E-state index is 12.3. The first-order chi connectivity index (χ1) is 9.38. The zero-order valence-corrected chi connectivity index (χ0v) is 12.9. The predicted octanol–water partition coefficient (Wildman–Crippen LogP) is 2.60. The van der Waals surface area contributed by atoms with Gasteiger partial charge >= 0.3 is 0 Å². The van der Waals surface area contributed by atoms with E-state index < -0.39 is 16.1 Å². The van der Waals surface area contributed by atoms with Gasteiger partial charge in [0, 0.05) is 6.04 Å². The van der Waals surface area contributed by atoms with Crippen molar-refractivity contribution in [3.8, 4) is 0 Å². The summed E-state index contributed by atoms with van der Waals surface area (Å²) in [5.41, 5.74) is 0.718. The highest BCUT2D eigenvalue weighted by Gasteiger charge is 2.24. The summed E-state index contributed by atoms with van der Waals surface area (Å²) < 4.78 is 27.4. The van der Waals surface area contributed by atoms with Crippen molar-refractivity contribution in [1.82, 2.24) is 4.72 Å². The Bertz CT molecular complexity index is 529. The standard InChI is InChI=1S/C15H23NO3S/c1-11-3-7-14(8-4-11)16-20(18,19)15-9-5-13(6-10-15)12(2)17/h5-6,9-12,14,16-17H,3-4,7-8H2,1-2H3. The van der Waals surface area contributed by atoms with Gasteiger partial charge in [0.05, 0.1) is 11.0 Å². The smallest absolute Gasteiger partial charge is 0.240 e. The summed E-state index contributed by atoms with van der Waals surface area (Å²) in [6.45, 7) is 3.87. The SMILES string of the molecule is CC1CCC(NS(=O)(=O)c2ccc(C(C)O)cc2)CC1. The fraction of sp³-hybridized carbons (Fsp3) is 0.600. The molecule has 1 aliphatic rings. The van der Waals surface area contributed by atoms with Gasteiger partial charge in [0.1, 0.15) is 0 Å². The van der Waals surface area contributed by atoms with E-state index in [2.05, 4.69) is 11.6 Å². The molecule has 0 aliphatic heterocycles. The largest absolute Gasteiger partial charge is 0.389 e. The van der Waals surface area contributed by atoms with Crippen molar-refractivity contribution < 1.29 is 13.5 Å². The first kappa shape index (κ1) is 15.5. The highest BCUT2D eigenvalue weighted by molar-refractivity contribution is 7.89. The summed E-state index contributed by atoms with van der Waals surface area (Å²) in [6.07, 6.45) is 3.39. The molecule has 2 rings (SSSR count). The number of aliphatic hydroxyl groups is 1. The predicted molar refractivity (Wildman–Crippen MR) is 78.8 cm³/mol. The number of hydrogen-bond acceptors (Lipinski definition) is 3. The van der Waals surface area contributed by atoms with Gasteiger partial charge in [0.15, 0.2) is 0 Å². The molecular weight excluding hydrogens is 274 g/mol. The minimum Gasteiger partial charge on any atom is -0.389 e. The van der Waals surface area contributed by atoms with Gasteiger partial charge in [-0.3, -0.25) is 0 Å². The highest BCUT2D eigenvalue weighted by atomic mass is 32.2. The lowest BCUT2D eigenvalue weighted by Crippen LogP contribution is -2.37. The van der Waals surface area contributed by atoms with Crippen LogP contribution < -0.4 is 4.72 Å². The third-order valence-corrected chi connectivity index (χ3v) is 5.55. The van der Waals surface area contributed by atoms with Gasteiger partial charge in [0.2, 0.25) is 10.0 Å². The Morgan fingerprint density at radius 1 is 1.15 bits per heavy atom. The van der Waals surface area contributed by atoms with Crippen molar-refractivity contribution in [1.29, 1.82) is 0 Å². The maximum Gasteiger partial charge on any atom is 0.240 e. The van der Waals surface area contributed by atoms with Crippen molar-refractivity contribution >= 4 is 10.0 Å². The van der Waals surface area contributed by atoms with E-state index in [1.54, 1.807) is 31.2 Å². The van der Waals surface area contributed by atoms with Gasteiger partial charge < -0.3 is 5.11 Å². The van der Waals surface area contributed by atoms with Crippen molar-refractivity contribution in [2.45, 2.75) is 56.6 Å². The number of sulfonamides is 1. The summed E-state index contributed by atoms with van der Waals surface area (Å²) in [7, 11) is -3.45. The van der Waals surface area contributed by atoms with E-state index in [0.29, 0.717) is 5.92 Å². The summed E-state index contributed by atoms with van der Waals surface area (Å²) in [5, 5.41) is 9.44.